The summed E-state index contributed by atoms with van der Waals surface area (Å²) in [6.07, 6.45) is 6.10. The summed E-state index contributed by atoms with van der Waals surface area (Å²) in [5.41, 5.74) is 0.0180. The van der Waals surface area contributed by atoms with Gasteiger partial charge in [-0.15, -0.1) is 0 Å². The molecule has 0 radical (unpaired) electrons. The van der Waals surface area contributed by atoms with Crippen LogP contribution in [-0.2, 0) is 29.6 Å². The Morgan fingerprint density at radius 1 is 0.922 bits per heavy atom. The second-order valence-corrected chi connectivity index (χ2v) is 16.6. The number of aromatic hydroxyl groups is 2. The standard InChI is InChI=1S/C36H44N4O9S2/c1-3-5-21-38(22-6-4-2)50(46,47)28-18-16-27(17-19-28)40(33(43)24-39-36(45)29-13-9-10-14-32(29)51(39,48)49)34(25-15-20-30(41)31(42)23-25)35(44)37-26-11-7-8-12-26/h9-10,13-20,23,26,34,41-42H,3-8,11-12,21-22,24H2,1-2H3,(H,37,44)/t34-/m0/s1. The average molecular weight is 741 g/mol. The topological polar surface area (TPSA) is 182 Å². The van der Waals surface area contributed by atoms with E-state index in [2.05, 4.69) is 5.32 Å². The summed E-state index contributed by atoms with van der Waals surface area (Å²) in [5.74, 6) is -3.56. The number of phenols is 2. The van der Waals surface area contributed by atoms with E-state index in [0.717, 1.165) is 42.7 Å². The second-order valence-electron chi connectivity index (χ2n) is 12.8. The molecule has 1 saturated carbocycles. The number of carbonyl (C=O) groups excluding carboxylic acids is 3. The van der Waals surface area contributed by atoms with Crippen LogP contribution in [0.15, 0.2) is 76.5 Å². The SMILES string of the molecule is CCCCN(CCCC)S(=O)(=O)c1ccc(N(C(=O)CN2C(=O)c3ccccc3S2(=O)=O)[C@H](C(=O)NC2CCCC2)c2ccc(O)c(O)c2)cc1. The number of nitrogens with zero attached hydrogens (tertiary/aromatic N) is 3. The first kappa shape index (κ1) is 37.8. The zero-order valence-electron chi connectivity index (χ0n) is 28.7. The van der Waals surface area contributed by atoms with Crippen LogP contribution in [0.3, 0.4) is 0 Å². The lowest BCUT2D eigenvalue weighted by molar-refractivity contribution is -0.127. The lowest BCUT2D eigenvalue weighted by atomic mass is 10.0. The molecular formula is C36H44N4O9S2. The van der Waals surface area contributed by atoms with Gasteiger partial charge in [-0.1, -0.05) is 57.7 Å². The summed E-state index contributed by atoms with van der Waals surface area (Å²) in [6.45, 7) is 3.63. The fraction of sp³-hybridized carbons (Fsp3) is 0.417. The first-order valence-electron chi connectivity index (χ1n) is 17.2. The van der Waals surface area contributed by atoms with Gasteiger partial charge in [-0.2, -0.15) is 4.31 Å². The first-order chi connectivity index (χ1) is 24.3. The Balaban J connectivity index is 1.60. The summed E-state index contributed by atoms with van der Waals surface area (Å²) < 4.78 is 56.3. The summed E-state index contributed by atoms with van der Waals surface area (Å²) in [7, 11) is -8.36. The van der Waals surface area contributed by atoms with Gasteiger partial charge in [0.2, 0.25) is 21.8 Å². The number of nitrogens with one attached hydrogen (secondary N) is 1. The van der Waals surface area contributed by atoms with Crippen LogP contribution in [0.2, 0.25) is 0 Å². The fourth-order valence-electron chi connectivity index (χ4n) is 6.45. The molecule has 0 bridgehead atoms. The van der Waals surface area contributed by atoms with Crippen LogP contribution in [0, 0.1) is 0 Å². The highest BCUT2D eigenvalue weighted by atomic mass is 32.2. The molecule has 1 heterocycles. The van der Waals surface area contributed by atoms with Crippen molar-refractivity contribution in [1.29, 1.82) is 0 Å². The molecule has 1 aliphatic heterocycles. The number of hydrogen-bond donors (Lipinski definition) is 3. The number of fused-ring (bicyclic) bond motifs is 1. The molecule has 5 rings (SSSR count). The van der Waals surface area contributed by atoms with E-state index in [-0.39, 0.29) is 32.6 Å². The second kappa shape index (κ2) is 15.8. The Kier molecular flexibility index (Phi) is 11.7. The molecule has 3 amide bonds. The number of sulfonamides is 2. The van der Waals surface area contributed by atoms with Gasteiger partial charge in [0.1, 0.15) is 17.5 Å². The minimum absolute atomic E-state index is 0.0344. The molecule has 0 aromatic heterocycles. The molecule has 1 atom stereocenters. The minimum Gasteiger partial charge on any atom is -0.504 e. The van der Waals surface area contributed by atoms with Crippen molar-refractivity contribution in [1.82, 2.24) is 13.9 Å². The summed E-state index contributed by atoms with van der Waals surface area (Å²) in [6, 6.07) is 12.8. The van der Waals surface area contributed by atoms with E-state index in [0.29, 0.717) is 43.1 Å². The van der Waals surface area contributed by atoms with Gasteiger partial charge < -0.3 is 15.5 Å². The summed E-state index contributed by atoms with van der Waals surface area (Å²) in [5, 5.41) is 23.5. The molecule has 3 aromatic carbocycles. The Morgan fingerprint density at radius 2 is 1.55 bits per heavy atom. The van der Waals surface area contributed by atoms with E-state index in [4.69, 9.17) is 0 Å². The van der Waals surface area contributed by atoms with Crippen LogP contribution < -0.4 is 10.2 Å². The lowest BCUT2D eigenvalue weighted by Crippen LogP contribution is -2.50. The van der Waals surface area contributed by atoms with Gasteiger partial charge in [0.05, 0.1) is 10.5 Å². The van der Waals surface area contributed by atoms with Crippen LogP contribution in [0.25, 0.3) is 0 Å². The van der Waals surface area contributed by atoms with Gasteiger partial charge in [-0.05, 0) is 79.8 Å². The number of benzene rings is 3. The summed E-state index contributed by atoms with van der Waals surface area (Å²) >= 11 is 0. The molecule has 1 aliphatic carbocycles. The number of hydrogen-bond acceptors (Lipinski definition) is 9. The molecule has 13 nitrogen and oxygen atoms in total. The first-order valence-corrected chi connectivity index (χ1v) is 20.1. The average Bonchev–Trinajstić information content (AvgIpc) is 3.69. The molecule has 15 heteroatoms. The third kappa shape index (κ3) is 7.90. The Hall–Kier alpha value is -4.47. The van der Waals surface area contributed by atoms with Crippen molar-refractivity contribution in [3.05, 3.63) is 77.9 Å². The van der Waals surface area contributed by atoms with Crippen molar-refractivity contribution in [2.45, 2.75) is 87.1 Å². The largest absolute Gasteiger partial charge is 0.504 e. The van der Waals surface area contributed by atoms with Crippen molar-refractivity contribution in [3.63, 3.8) is 0 Å². The van der Waals surface area contributed by atoms with Crippen molar-refractivity contribution in [3.8, 4) is 11.5 Å². The van der Waals surface area contributed by atoms with E-state index in [1.807, 2.05) is 13.8 Å². The summed E-state index contributed by atoms with van der Waals surface area (Å²) in [4.78, 5) is 42.7. The third-order valence-corrected chi connectivity index (χ3v) is 13.0. The van der Waals surface area contributed by atoms with Crippen LogP contribution in [0.4, 0.5) is 5.69 Å². The number of rotatable bonds is 15. The maximum atomic E-state index is 14.5. The quantitative estimate of drug-likeness (QED) is 0.187. The van der Waals surface area contributed by atoms with Crippen LogP contribution >= 0.6 is 0 Å². The molecule has 0 spiro atoms. The Bertz CT molecular complexity index is 1970. The van der Waals surface area contributed by atoms with E-state index in [1.165, 1.54) is 58.9 Å². The van der Waals surface area contributed by atoms with Crippen LogP contribution in [0.1, 0.15) is 87.2 Å². The van der Waals surface area contributed by atoms with Gasteiger partial charge in [0, 0.05) is 24.8 Å². The van der Waals surface area contributed by atoms with Crippen molar-refractivity contribution in [2.75, 3.05) is 24.5 Å². The van der Waals surface area contributed by atoms with Gasteiger partial charge in [0.15, 0.2) is 11.5 Å². The normalized spacial score (nSPS) is 16.3. The van der Waals surface area contributed by atoms with E-state index < -0.39 is 61.9 Å². The van der Waals surface area contributed by atoms with E-state index in [1.54, 1.807) is 0 Å². The molecule has 0 saturated heterocycles. The maximum Gasteiger partial charge on any atom is 0.269 e. The van der Waals surface area contributed by atoms with Gasteiger partial charge in [-0.25, -0.2) is 21.1 Å². The zero-order valence-corrected chi connectivity index (χ0v) is 30.3. The van der Waals surface area contributed by atoms with Crippen LogP contribution in [-0.4, -0.2) is 79.1 Å². The molecule has 3 aromatic rings. The third-order valence-electron chi connectivity index (χ3n) is 9.26. The van der Waals surface area contributed by atoms with E-state index >= 15 is 0 Å². The van der Waals surface area contributed by atoms with E-state index in [9.17, 15) is 41.4 Å². The van der Waals surface area contributed by atoms with Crippen molar-refractivity contribution < 1.29 is 41.4 Å². The maximum absolute atomic E-state index is 14.5. The minimum atomic E-state index is -4.42. The lowest BCUT2D eigenvalue weighted by Gasteiger charge is -2.33. The number of unbranched alkanes of at least 4 members (excludes halogenated alkanes) is 2. The smallest absolute Gasteiger partial charge is 0.269 e. The molecule has 3 N–H and O–H groups in total. The molecule has 2 aliphatic rings. The van der Waals surface area contributed by atoms with Gasteiger partial charge in [0.25, 0.3) is 15.9 Å². The molecule has 51 heavy (non-hydrogen) atoms. The predicted molar refractivity (Wildman–Crippen MR) is 190 cm³/mol. The molecule has 1 fully saturated rings. The molecule has 274 valence electrons. The Morgan fingerprint density at radius 3 is 2.14 bits per heavy atom. The zero-order chi connectivity index (χ0) is 36.9. The molecular weight excluding hydrogens is 697 g/mol. The fourth-order valence-corrected chi connectivity index (χ4v) is 9.49. The van der Waals surface area contributed by atoms with Gasteiger partial charge >= 0.3 is 0 Å². The molecule has 0 unspecified atom stereocenters. The van der Waals surface area contributed by atoms with Gasteiger partial charge in [-0.3, -0.25) is 19.3 Å². The Labute approximate surface area is 299 Å². The highest BCUT2D eigenvalue weighted by Crippen LogP contribution is 2.36. The number of anilines is 1. The highest BCUT2D eigenvalue weighted by molar-refractivity contribution is 7.90. The monoisotopic (exact) mass is 740 g/mol. The number of phenolic OH excluding ortho intramolecular Hbond substituents is 2. The predicted octanol–water partition coefficient (Wildman–Crippen LogP) is 4.67. The highest BCUT2D eigenvalue weighted by Gasteiger charge is 2.44. The van der Waals surface area contributed by atoms with Crippen LogP contribution in [0.5, 0.6) is 11.5 Å². The van der Waals surface area contributed by atoms with Crippen molar-refractivity contribution in [2.24, 2.45) is 0 Å². The number of carbonyl (C=O) groups is 3. The van der Waals surface area contributed by atoms with Crippen molar-refractivity contribution >= 4 is 43.5 Å². The number of amides is 3.